The van der Waals surface area contributed by atoms with Gasteiger partial charge >= 0.3 is 0 Å². The van der Waals surface area contributed by atoms with E-state index in [1.165, 1.54) is 6.33 Å². The van der Waals surface area contributed by atoms with Crippen LogP contribution < -0.4 is 0 Å². The molecular formula is C14H23N3O4S. The van der Waals surface area contributed by atoms with Crippen LogP contribution >= 0.6 is 0 Å². The van der Waals surface area contributed by atoms with Crippen LogP contribution in [-0.2, 0) is 26.5 Å². The summed E-state index contributed by atoms with van der Waals surface area (Å²) in [6.07, 6.45) is 5.71. The number of methoxy groups -OCH3 is 1. The van der Waals surface area contributed by atoms with Gasteiger partial charge in [0, 0.05) is 45.5 Å². The molecule has 124 valence electrons. The molecular weight excluding hydrogens is 306 g/mol. The standard InChI is InChI=1S/C14H23N3O4S/c1-16-8-13(15-11-16)22(18,19)17-6-4-12-14(9-17,10-20-2)5-3-7-21-12/h8,11-12H,3-7,9-10H2,1-2H3/t12-,14-/m0/s1. The van der Waals surface area contributed by atoms with Crippen molar-refractivity contribution in [2.75, 3.05) is 33.4 Å². The van der Waals surface area contributed by atoms with Crippen molar-refractivity contribution in [2.45, 2.75) is 30.4 Å². The molecule has 0 N–H and O–H groups in total. The molecule has 0 aromatic carbocycles. The lowest BCUT2D eigenvalue weighted by molar-refractivity contribution is -0.137. The third-order valence-corrected chi connectivity index (χ3v) is 6.40. The smallest absolute Gasteiger partial charge is 0.262 e. The summed E-state index contributed by atoms with van der Waals surface area (Å²) in [5.41, 5.74) is -0.243. The Hall–Kier alpha value is -0.960. The molecule has 0 radical (unpaired) electrons. The van der Waals surface area contributed by atoms with Crippen LogP contribution in [-0.4, -0.2) is 61.8 Å². The Labute approximate surface area is 131 Å². The average Bonchev–Trinajstić information content (AvgIpc) is 2.94. The molecule has 0 aliphatic carbocycles. The van der Waals surface area contributed by atoms with E-state index in [4.69, 9.17) is 9.47 Å². The summed E-state index contributed by atoms with van der Waals surface area (Å²) >= 11 is 0. The predicted octanol–water partition coefficient (Wildman–Crippen LogP) is 0.626. The summed E-state index contributed by atoms with van der Waals surface area (Å²) in [4.78, 5) is 4.01. The van der Waals surface area contributed by atoms with E-state index in [0.29, 0.717) is 26.1 Å². The topological polar surface area (TPSA) is 73.7 Å². The summed E-state index contributed by atoms with van der Waals surface area (Å²) in [6.45, 7) is 2.18. The first-order chi connectivity index (χ1) is 10.5. The molecule has 2 atom stereocenters. The third-order valence-electron chi connectivity index (χ3n) is 4.67. The van der Waals surface area contributed by atoms with Gasteiger partial charge in [-0.15, -0.1) is 0 Å². The van der Waals surface area contributed by atoms with E-state index in [-0.39, 0.29) is 16.5 Å². The van der Waals surface area contributed by atoms with Crippen molar-refractivity contribution in [2.24, 2.45) is 12.5 Å². The quantitative estimate of drug-likeness (QED) is 0.810. The van der Waals surface area contributed by atoms with Crippen molar-refractivity contribution in [3.8, 4) is 0 Å². The minimum Gasteiger partial charge on any atom is -0.384 e. The summed E-state index contributed by atoms with van der Waals surface area (Å²) in [6, 6.07) is 0. The number of hydrogen-bond acceptors (Lipinski definition) is 5. The highest BCUT2D eigenvalue weighted by Crippen LogP contribution is 2.41. The lowest BCUT2D eigenvalue weighted by Crippen LogP contribution is -2.57. The molecule has 2 aliphatic heterocycles. The van der Waals surface area contributed by atoms with Gasteiger partial charge in [0.2, 0.25) is 0 Å². The lowest BCUT2D eigenvalue weighted by atomic mass is 9.73. The van der Waals surface area contributed by atoms with Crippen LogP contribution in [0.5, 0.6) is 0 Å². The lowest BCUT2D eigenvalue weighted by Gasteiger charge is -2.49. The van der Waals surface area contributed by atoms with Crippen molar-refractivity contribution >= 4 is 10.0 Å². The zero-order valence-corrected chi connectivity index (χ0v) is 13.9. The van der Waals surface area contributed by atoms with Gasteiger partial charge in [0.1, 0.15) is 0 Å². The molecule has 2 fully saturated rings. The first kappa shape index (κ1) is 15.9. The van der Waals surface area contributed by atoms with E-state index in [9.17, 15) is 8.42 Å². The van der Waals surface area contributed by atoms with Crippen molar-refractivity contribution in [1.29, 1.82) is 0 Å². The Kier molecular flexibility index (Phi) is 4.28. The number of fused-ring (bicyclic) bond motifs is 1. The molecule has 3 rings (SSSR count). The molecule has 7 nitrogen and oxygen atoms in total. The van der Waals surface area contributed by atoms with Gasteiger partial charge < -0.3 is 14.0 Å². The monoisotopic (exact) mass is 329 g/mol. The number of nitrogens with zero attached hydrogens (tertiary/aromatic N) is 3. The average molecular weight is 329 g/mol. The van der Waals surface area contributed by atoms with Gasteiger partial charge in [0.15, 0.2) is 5.03 Å². The van der Waals surface area contributed by atoms with E-state index in [0.717, 1.165) is 19.4 Å². The molecule has 22 heavy (non-hydrogen) atoms. The van der Waals surface area contributed by atoms with Crippen molar-refractivity contribution in [3.63, 3.8) is 0 Å². The summed E-state index contributed by atoms with van der Waals surface area (Å²) in [5, 5.41) is 0.109. The summed E-state index contributed by atoms with van der Waals surface area (Å²) < 4.78 is 40.0. The largest absolute Gasteiger partial charge is 0.384 e. The number of rotatable bonds is 4. The van der Waals surface area contributed by atoms with Crippen molar-refractivity contribution in [3.05, 3.63) is 12.5 Å². The number of hydrogen-bond donors (Lipinski definition) is 0. The fourth-order valence-electron chi connectivity index (χ4n) is 3.61. The second-order valence-electron chi connectivity index (χ2n) is 6.26. The highest BCUT2D eigenvalue weighted by molar-refractivity contribution is 7.89. The molecule has 8 heteroatoms. The van der Waals surface area contributed by atoms with Crippen molar-refractivity contribution < 1.29 is 17.9 Å². The number of piperidine rings is 1. The SMILES string of the molecule is COC[C@@]12CCCO[C@H]1CCN(S(=O)(=O)c1cn(C)cn1)C2. The number of imidazole rings is 1. The number of aromatic nitrogens is 2. The highest BCUT2D eigenvalue weighted by Gasteiger charge is 2.48. The first-order valence-corrected chi connectivity index (χ1v) is 9.01. The van der Waals surface area contributed by atoms with E-state index >= 15 is 0 Å². The van der Waals surface area contributed by atoms with Crippen LogP contribution in [0.3, 0.4) is 0 Å². The molecule has 3 heterocycles. The number of aryl methyl sites for hydroxylation is 1. The summed E-state index contributed by atoms with van der Waals surface area (Å²) in [7, 11) is -0.135. The van der Waals surface area contributed by atoms with Gasteiger partial charge in [0.05, 0.1) is 19.0 Å². The Morgan fingerprint density at radius 3 is 3.05 bits per heavy atom. The van der Waals surface area contributed by atoms with E-state index in [1.807, 2.05) is 0 Å². The first-order valence-electron chi connectivity index (χ1n) is 7.57. The van der Waals surface area contributed by atoms with Crippen LogP contribution in [0.15, 0.2) is 17.6 Å². The zero-order chi connectivity index (χ0) is 15.8. The minimum absolute atomic E-state index is 0.0800. The number of ether oxygens (including phenoxy) is 2. The van der Waals surface area contributed by atoms with Gasteiger partial charge in [-0.1, -0.05) is 0 Å². The fourth-order valence-corrected chi connectivity index (χ4v) is 5.12. The highest BCUT2D eigenvalue weighted by atomic mass is 32.2. The van der Waals surface area contributed by atoms with Gasteiger partial charge in [-0.05, 0) is 19.3 Å². The molecule has 2 aliphatic rings. The van der Waals surface area contributed by atoms with Crippen molar-refractivity contribution in [1.82, 2.24) is 13.9 Å². The van der Waals surface area contributed by atoms with Gasteiger partial charge in [0.25, 0.3) is 10.0 Å². The predicted molar refractivity (Wildman–Crippen MR) is 79.9 cm³/mol. The van der Waals surface area contributed by atoms with E-state index < -0.39 is 10.0 Å². The zero-order valence-electron chi connectivity index (χ0n) is 13.1. The van der Waals surface area contributed by atoms with E-state index in [1.54, 1.807) is 29.2 Å². The molecule has 1 aromatic heterocycles. The number of sulfonamides is 1. The Morgan fingerprint density at radius 2 is 2.36 bits per heavy atom. The van der Waals surface area contributed by atoms with Crippen LogP contribution in [0, 0.1) is 5.41 Å². The van der Waals surface area contributed by atoms with Crippen LogP contribution in [0.1, 0.15) is 19.3 Å². The third kappa shape index (κ3) is 2.68. The van der Waals surface area contributed by atoms with Gasteiger partial charge in [-0.25, -0.2) is 13.4 Å². The maximum atomic E-state index is 12.8. The Bertz CT molecular complexity index is 626. The molecule has 0 unspecified atom stereocenters. The molecule has 1 aromatic rings. The van der Waals surface area contributed by atoms with Gasteiger partial charge in [-0.2, -0.15) is 4.31 Å². The molecule has 0 saturated carbocycles. The maximum Gasteiger partial charge on any atom is 0.262 e. The van der Waals surface area contributed by atoms with Crippen LogP contribution in [0.4, 0.5) is 0 Å². The maximum absolute atomic E-state index is 12.8. The second-order valence-corrected chi connectivity index (χ2v) is 8.15. The van der Waals surface area contributed by atoms with Crippen LogP contribution in [0.25, 0.3) is 0 Å². The molecule has 0 amide bonds. The van der Waals surface area contributed by atoms with Crippen LogP contribution in [0.2, 0.25) is 0 Å². The fraction of sp³-hybridized carbons (Fsp3) is 0.786. The Balaban J connectivity index is 1.87. The Morgan fingerprint density at radius 1 is 1.55 bits per heavy atom. The summed E-state index contributed by atoms with van der Waals surface area (Å²) in [5.74, 6) is 0. The van der Waals surface area contributed by atoms with E-state index in [2.05, 4.69) is 4.98 Å². The molecule has 0 bridgehead atoms. The molecule has 2 saturated heterocycles. The molecule has 0 spiro atoms. The minimum atomic E-state index is -3.56. The normalized spacial score (nSPS) is 30.2. The second kappa shape index (κ2) is 5.92. The van der Waals surface area contributed by atoms with Gasteiger partial charge in [-0.3, -0.25) is 0 Å².